The quantitative estimate of drug-likeness (QED) is 0.615. The molecule has 2 aromatic rings. The van der Waals surface area contributed by atoms with E-state index in [2.05, 4.69) is 0 Å². The molecule has 0 atom stereocenters. The zero-order valence-corrected chi connectivity index (χ0v) is 18.8. The molecule has 0 N–H and O–H groups in total. The SMILES string of the molecule is CN1CCc2ccc(N3C(=S)N(c4ccc(C#N)c(C(F)(F)F)c4)C(=O)C3(C)C)cc2C1=O. The number of likely N-dealkylation sites (N-methyl/N-ethyl adjacent to an activating group) is 1. The molecule has 4 rings (SSSR count). The van der Waals surface area contributed by atoms with E-state index in [0.717, 1.165) is 22.6 Å². The van der Waals surface area contributed by atoms with Crippen molar-refractivity contribution in [3.05, 3.63) is 58.7 Å². The number of nitrogens with zero attached hydrogens (tertiary/aromatic N) is 4. The third kappa shape index (κ3) is 3.53. The summed E-state index contributed by atoms with van der Waals surface area (Å²) in [6, 6.07) is 9.80. The molecule has 170 valence electrons. The zero-order chi connectivity index (χ0) is 24.3. The van der Waals surface area contributed by atoms with Gasteiger partial charge in [0.05, 0.1) is 22.9 Å². The van der Waals surface area contributed by atoms with E-state index in [1.807, 2.05) is 6.07 Å². The number of hydrogen-bond donors (Lipinski definition) is 0. The van der Waals surface area contributed by atoms with Gasteiger partial charge in [-0.2, -0.15) is 18.4 Å². The van der Waals surface area contributed by atoms with E-state index < -0.39 is 28.7 Å². The maximum absolute atomic E-state index is 13.5. The molecule has 2 amide bonds. The number of thiocarbonyl (C=S) groups is 1. The number of halogens is 3. The van der Waals surface area contributed by atoms with Gasteiger partial charge in [0.1, 0.15) is 5.54 Å². The Hall–Kier alpha value is -3.45. The Morgan fingerprint density at radius 3 is 2.39 bits per heavy atom. The van der Waals surface area contributed by atoms with Crippen LogP contribution in [0.15, 0.2) is 36.4 Å². The number of benzene rings is 2. The fourth-order valence-electron chi connectivity index (χ4n) is 4.18. The predicted molar refractivity (Wildman–Crippen MR) is 120 cm³/mol. The molecule has 6 nitrogen and oxygen atoms in total. The molecule has 2 aromatic carbocycles. The maximum atomic E-state index is 13.5. The van der Waals surface area contributed by atoms with Crippen molar-refractivity contribution >= 4 is 40.5 Å². The van der Waals surface area contributed by atoms with Crippen molar-refractivity contribution in [1.82, 2.24) is 4.90 Å². The summed E-state index contributed by atoms with van der Waals surface area (Å²) in [6.45, 7) is 3.83. The summed E-state index contributed by atoms with van der Waals surface area (Å²) in [7, 11) is 1.71. The van der Waals surface area contributed by atoms with E-state index in [1.54, 1.807) is 37.9 Å². The Balaban J connectivity index is 1.80. The van der Waals surface area contributed by atoms with Crippen LogP contribution in [0.2, 0.25) is 0 Å². The highest BCUT2D eigenvalue weighted by atomic mass is 32.1. The van der Waals surface area contributed by atoms with Gasteiger partial charge in [0.2, 0.25) is 0 Å². The van der Waals surface area contributed by atoms with Crippen molar-refractivity contribution in [2.24, 2.45) is 0 Å². The predicted octanol–water partition coefficient (Wildman–Crippen LogP) is 4.12. The van der Waals surface area contributed by atoms with Crippen molar-refractivity contribution < 1.29 is 22.8 Å². The first-order valence-electron chi connectivity index (χ1n) is 10.1. The molecule has 1 fully saturated rings. The maximum Gasteiger partial charge on any atom is 0.417 e. The van der Waals surface area contributed by atoms with Crippen LogP contribution >= 0.6 is 12.2 Å². The third-order valence-electron chi connectivity index (χ3n) is 6.00. The number of fused-ring (bicyclic) bond motifs is 1. The lowest BCUT2D eigenvalue weighted by molar-refractivity contribution is -0.137. The van der Waals surface area contributed by atoms with Crippen molar-refractivity contribution in [3.8, 4) is 6.07 Å². The number of anilines is 2. The average Bonchev–Trinajstić information content (AvgIpc) is 2.93. The van der Waals surface area contributed by atoms with Crippen LogP contribution in [0.5, 0.6) is 0 Å². The Kier molecular flexibility index (Phi) is 5.21. The summed E-state index contributed by atoms with van der Waals surface area (Å²) in [5, 5.41) is 9.04. The van der Waals surface area contributed by atoms with Gasteiger partial charge >= 0.3 is 6.18 Å². The molecule has 1 saturated heterocycles. The number of rotatable bonds is 2. The fourth-order valence-corrected chi connectivity index (χ4v) is 4.70. The van der Waals surface area contributed by atoms with Gasteiger partial charge < -0.3 is 9.80 Å². The van der Waals surface area contributed by atoms with Crippen LogP contribution in [0.3, 0.4) is 0 Å². The molecule has 0 saturated carbocycles. The molecule has 0 bridgehead atoms. The standard InChI is InChI=1S/C23H19F3N4O2S/c1-22(2)20(32)29(15-6-5-14(12-27)18(11-15)23(24,25)26)21(33)30(22)16-7-4-13-8-9-28(3)19(31)17(13)10-16/h4-7,10-11H,8-9H2,1-3H3. The molecule has 0 radical (unpaired) electrons. The molecular formula is C23H19F3N4O2S. The van der Waals surface area contributed by atoms with E-state index in [-0.39, 0.29) is 16.7 Å². The monoisotopic (exact) mass is 472 g/mol. The van der Waals surface area contributed by atoms with Crippen LogP contribution < -0.4 is 9.80 Å². The first-order chi connectivity index (χ1) is 15.4. The molecule has 2 aliphatic heterocycles. The van der Waals surface area contributed by atoms with E-state index in [0.29, 0.717) is 24.2 Å². The van der Waals surface area contributed by atoms with Crippen LogP contribution in [-0.2, 0) is 17.4 Å². The lowest BCUT2D eigenvalue weighted by Crippen LogP contribution is -2.44. The lowest BCUT2D eigenvalue weighted by atomic mass is 9.97. The van der Waals surface area contributed by atoms with Gasteiger partial charge in [0.25, 0.3) is 11.8 Å². The summed E-state index contributed by atoms with van der Waals surface area (Å²) < 4.78 is 40.5. The summed E-state index contributed by atoms with van der Waals surface area (Å²) in [6.07, 6.45) is -4.08. The molecule has 10 heteroatoms. The van der Waals surface area contributed by atoms with Gasteiger partial charge in [-0.15, -0.1) is 0 Å². The Bertz CT molecular complexity index is 1250. The number of carbonyl (C=O) groups excluding carboxylic acids is 2. The molecule has 0 spiro atoms. The Morgan fingerprint density at radius 2 is 1.76 bits per heavy atom. The number of amides is 2. The second kappa shape index (κ2) is 7.56. The molecule has 0 aliphatic carbocycles. The second-order valence-corrected chi connectivity index (χ2v) is 8.84. The van der Waals surface area contributed by atoms with Crippen molar-refractivity contribution in [1.29, 1.82) is 5.26 Å². The highest BCUT2D eigenvalue weighted by Gasteiger charge is 2.51. The lowest BCUT2D eigenvalue weighted by Gasteiger charge is -2.31. The van der Waals surface area contributed by atoms with Gasteiger partial charge in [-0.3, -0.25) is 14.5 Å². The summed E-state index contributed by atoms with van der Waals surface area (Å²) in [4.78, 5) is 30.1. The Morgan fingerprint density at radius 1 is 1.09 bits per heavy atom. The summed E-state index contributed by atoms with van der Waals surface area (Å²) in [5.41, 5.74) is -1.11. The van der Waals surface area contributed by atoms with E-state index in [1.165, 1.54) is 17.0 Å². The number of alkyl halides is 3. The van der Waals surface area contributed by atoms with Crippen molar-refractivity contribution in [2.45, 2.75) is 32.0 Å². The average molecular weight is 472 g/mol. The molecule has 0 unspecified atom stereocenters. The molecule has 33 heavy (non-hydrogen) atoms. The number of carbonyl (C=O) groups is 2. The highest BCUT2D eigenvalue weighted by Crippen LogP contribution is 2.40. The first kappa shape index (κ1) is 22.7. The van der Waals surface area contributed by atoms with Gasteiger partial charge in [-0.25, -0.2) is 0 Å². The van der Waals surface area contributed by atoms with Crippen LogP contribution in [0.4, 0.5) is 24.5 Å². The summed E-state index contributed by atoms with van der Waals surface area (Å²) in [5.74, 6) is -0.669. The smallest absolute Gasteiger partial charge is 0.341 e. The normalized spacial score (nSPS) is 18.0. The van der Waals surface area contributed by atoms with Gasteiger partial charge in [0, 0.05) is 24.8 Å². The number of nitriles is 1. The third-order valence-corrected chi connectivity index (χ3v) is 6.37. The fraction of sp³-hybridized carbons (Fsp3) is 0.304. The highest BCUT2D eigenvalue weighted by molar-refractivity contribution is 7.81. The minimum absolute atomic E-state index is 0.0144. The topological polar surface area (TPSA) is 67.7 Å². The largest absolute Gasteiger partial charge is 0.417 e. The summed E-state index contributed by atoms with van der Waals surface area (Å²) >= 11 is 5.55. The van der Waals surface area contributed by atoms with Crippen LogP contribution in [0.25, 0.3) is 0 Å². The molecule has 0 aromatic heterocycles. The van der Waals surface area contributed by atoms with Crippen LogP contribution in [-0.4, -0.2) is 41.0 Å². The van der Waals surface area contributed by atoms with E-state index >= 15 is 0 Å². The number of hydrogen-bond acceptors (Lipinski definition) is 4. The Labute approximate surface area is 193 Å². The minimum Gasteiger partial charge on any atom is -0.341 e. The van der Waals surface area contributed by atoms with Gasteiger partial charge in [0.15, 0.2) is 5.11 Å². The van der Waals surface area contributed by atoms with Crippen molar-refractivity contribution in [3.63, 3.8) is 0 Å². The molecule has 2 heterocycles. The van der Waals surface area contributed by atoms with E-state index in [4.69, 9.17) is 17.5 Å². The van der Waals surface area contributed by atoms with Crippen LogP contribution in [0, 0.1) is 11.3 Å². The minimum atomic E-state index is -4.77. The van der Waals surface area contributed by atoms with Gasteiger partial charge in [-0.05, 0) is 68.4 Å². The molecular weight excluding hydrogens is 453 g/mol. The van der Waals surface area contributed by atoms with Gasteiger partial charge in [-0.1, -0.05) is 6.07 Å². The first-order valence-corrected chi connectivity index (χ1v) is 10.5. The van der Waals surface area contributed by atoms with E-state index in [9.17, 15) is 22.8 Å². The zero-order valence-electron chi connectivity index (χ0n) is 18.0. The molecule has 2 aliphatic rings. The van der Waals surface area contributed by atoms with Crippen molar-refractivity contribution in [2.75, 3.05) is 23.4 Å². The second-order valence-electron chi connectivity index (χ2n) is 8.48. The van der Waals surface area contributed by atoms with Crippen LogP contribution in [0.1, 0.15) is 40.9 Å².